The number of rotatable bonds is 8. The van der Waals surface area contributed by atoms with Gasteiger partial charge in [-0.1, -0.05) is 24.3 Å². The number of hydrogen-bond acceptors (Lipinski definition) is 4. The van der Waals surface area contributed by atoms with E-state index in [0.29, 0.717) is 12.3 Å². The van der Waals surface area contributed by atoms with Crippen molar-refractivity contribution in [1.82, 2.24) is 14.9 Å². The van der Waals surface area contributed by atoms with Gasteiger partial charge in [0.2, 0.25) is 5.91 Å². The summed E-state index contributed by atoms with van der Waals surface area (Å²) in [4.78, 5) is 16.3. The van der Waals surface area contributed by atoms with Crippen LogP contribution in [0, 0.1) is 6.92 Å². The predicted molar refractivity (Wildman–Crippen MR) is 109 cm³/mol. The van der Waals surface area contributed by atoms with E-state index < -0.39 is 0 Å². The second-order valence-electron chi connectivity index (χ2n) is 6.13. The molecule has 0 fully saturated rings. The number of hydrogen-bond donors (Lipinski definition) is 1. The van der Waals surface area contributed by atoms with Crippen LogP contribution in [0.15, 0.2) is 60.9 Å². The summed E-state index contributed by atoms with van der Waals surface area (Å²) >= 11 is 1.60. The van der Waals surface area contributed by atoms with Crippen molar-refractivity contribution in [3.63, 3.8) is 0 Å². The molecular formula is C21H23N3O2S. The topological polar surface area (TPSA) is 56.1 Å². The molecule has 3 rings (SSSR count). The number of aromatic nitrogens is 2. The maximum atomic E-state index is 12.0. The zero-order chi connectivity index (χ0) is 19.1. The molecule has 0 aliphatic heterocycles. The number of ether oxygens (including phenoxy) is 1. The number of nitrogens with zero attached hydrogens (tertiary/aromatic N) is 2. The van der Waals surface area contributed by atoms with E-state index in [2.05, 4.69) is 10.3 Å². The maximum Gasteiger partial charge on any atom is 0.230 e. The van der Waals surface area contributed by atoms with Crippen LogP contribution in [0.1, 0.15) is 17.0 Å². The van der Waals surface area contributed by atoms with Gasteiger partial charge >= 0.3 is 0 Å². The van der Waals surface area contributed by atoms with Crippen LogP contribution in [0.5, 0.6) is 5.75 Å². The molecule has 2 aromatic carbocycles. The van der Waals surface area contributed by atoms with Crippen molar-refractivity contribution in [3.05, 3.63) is 77.9 Å². The Morgan fingerprint density at radius 2 is 1.81 bits per heavy atom. The fourth-order valence-electron chi connectivity index (χ4n) is 2.66. The minimum atomic E-state index is 0.0445. The molecule has 0 radical (unpaired) electrons. The van der Waals surface area contributed by atoms with Gasteiger partial charge in [0, 0.05) is 30.4 Å². The number of imidazole rings is 1. The SMILES string of the molecule is COc1ccc(CSCC(=O)NCc2ccc(-n3ccnc3C)cc2)cc1. The molecular weight excluding hydrogens is 358 g/mol. The minimum absolute atomic E-state index is 0.0445. The Labute approximate surface area is 163 Å². The summed E-state index contributed by atoms with van der Waals surface area (Å²) in [5, 5.41) is 2.97. The van der Waals surface area contributed by atoms with E-state index in [1.54, 1.807) is 25.1 Å². The lowest BCUT2D eigenvalue weighted by Gasteiger charge is -2.08. The molecule has 0 saturated heterocycles. The van der Waals surface area contributed by atoms with Crippen molar-refractivity contribution >= 4 is 17.7 Å². The first-order chi connectivity index (χ1) is 13.2. The monoisotopic (exact) mass is 381 g/mol. The second kappa shape index (κ2) is 9.28. The number of thioether (sulfide) groups is 1. The maximum absolute atomic E-state index is 12.0. The van der Waals surface area contributed by atoms with Gasteiger partial charge in [-0.15, -0.1) is 11.8 Å². The van der Waals surface area contributed by atoms with Crippen LogP contribution in [0.4, 0.5) is 0 Å². The Bertz CT molecular complexity index is 873. The van der Waals surface area contributed by atoms with Crippen LogP contribution in [-0.4, -0.2) is 28.3 Å². The molecule has 0 aliphatic rings. The summed E-state index contributed by atoms with van der Waals surface area (Å²) in [5.74, 6) is 3.08. The molecule has 1 amide bonds. The fourth-order valence-corrected chi connectivity index (χ4v) is 3.48. The van der Waals surface area contributed by atoms with E-state index >= 15 is 0 Å². The van der Waals surface area contributed by atoms with Gasteiger partial charge in [0.25, 0.3) is 0 Å². The Kier molecular flexibility index (Phi) is 6.54. The van der Waals surface area contributed by atoms with Crippen LogP contribution in [-0.2, 0) is 17.1 Å². The molecule has 0 aliphatic carbocycles. The van der Waals surface area contributed by atoms with Crippen molar-refractivity contribution in [2.24, 2.45) is 0 Å². The number of methoxy groups -OCH3 is 1. The smallest absolute Gasteiger partial charge is 0.230 e. The molecule has 0 unspecified atom stereocenters. The molecule has 3 aromatic rings. The molecule has 1 heterocycles. The normalized spacial score (nSPS) is 10.6. The van der Waals surface area contributed by atoms with Crippen LogP contribution in [0.2, 0.25) is 0 Å². The lowest BCUT2D eigenvalue weighted by molar-refractivity contribution is -0.118. The van der Waals surface area contributed by atoms with E-state index in [1.165, 1.54) is 5.56 Å². The molecule has 140 valence electrons. The zero-order valence-electron chi connectivity index (χ0n) is 15.5. The highest BCUT2D eigenvalue weighted by Gasteiger charge is 2.04. The van der Waals surface area contributed by atoms with Crippen LogP contribution < -0.4 is 10.1 Å². The van der Waals surface area contributed by atoms with Gasteiger partial charge < -0.3 is 14.6 Å². The van der Waals surface area contributed by atoms with Crippen LogP contribution >= 0.6 is 11.8 Å². The molecule has 1 aromatic heterocycles. The van der Waals surface area contributed by atoms with E-state index in [4.69, 9.17) is 4.74 Å². The zero-order valence-corrected chi connectivity index (χ0v) is 16.3. The van der Waals surface area contributed by atoms with Gasteiger partial charge in [0.05, 0.1) is 12.9 Å². The number of nitrogens with one attached hydrogen (secondary N) is 1. The summed E-state index contributed by atoms with van der Waals surface area (Å²) in [6.45, 7) is 2.50. The highest BCUT2D eigenvalue weighted by molar-refractivity contribution is 7.99. The standard InChI is InChI=1S/C21H23N3O2S/c1-16-22-11-12-24(16)19-7-3-17(4-8-19)13-23-21(25)15-27-14-18-5-9-20(26-2)10-6-18/h3-12H,13-15H2,1-2H3,(H,23,25). The second-order valence-corrected chi connectivity index (χ2v) is 7.11. The first-order valence-electron chi connectivity index (χ1n) is 8.72. The summed E-state index contributed by atoms with van der Waals surface area (Å²) < 4.78 is 7.17. The Hall–Kier alpha value is -2.73. The first kappa shape index (κ1) is 19.0. The van der Waals surface area contributed by atoms with Gasteiger partial charge in [-0.05, 0) is 42.3 Å². The Morgan fingerprint density at radius 3 is 2.44 bits per heavy atom. The summed E-state index contributed by atoms with van der Waals surface area (Å²) in [5.41, 5.74) is 3.32. The van der Waals surface area contributed by atoms with Crippen LogP contribution in [0.3, 0.4) is 0 Å². The molecule has 0 saturated carbocycles. The van der Waals surface area contributed by atoms with E-state index in [0.717, 1.165) is 28.6 Å². The molecule has 1 N–H and O–H groups in total. The van der Waals surface area contributed by atoms with Crippen molar-refractivity contribution in [1.29, 1.82) is 0 Å². The molecule has 5 nitrogen and oxygen atoms in total. The first-order valence-corrected chi connectivity index (χ1v) is 9.88. The van der Waals surface area contributed by atoms with Gasteiger partial charge in [-0.25, -0.2) is 4.98 Å². The quantitative estimate of drug-likeness (QED) is 0.646. The van der Waals surface area contributed by atoms with Crippen LogP contribution in [0.25, 0.3) is 5.69 Å². The number of aryl methyl sites for hydroxylation is 1. The average molecular weight is 382 g/mol. The van der Waals surface area contributed by atoms with E-state index in [9.17, 15) is 4.79 Å². The lowest BCUT2D eigenvalue weighted by atomic mass is 10.2. The van der Waals surface area contributed by atoms with Gasteiger partial charge in [0.15, 0.2) is 0 Å². The average Bonchev–Trinajstić information content (AvgIpc) is 3.13. The van der Waals surface area contributed by atoms with Crippen molar-refractivity contribution < 1.29 is 9.53 Å². The van der Waals surface area contributed by atoms with Crippen molar-refractivity contribution in [2.45, 2.75) is 19.2 Å². The molecule has 27 heavy (non-hydrogen) atoms. The van der Waals surface area contributed by atoms with Gasteiger partial charge in [-0.3, -0.25) is 4.79 Å². The highest BCUT2D eigenvalue weighted by atomic mass is 32.2. The van der Waals surface area contributed by atoms with E-state index in [-0.39, 0.29) is 5.91 Å². The third kappa shape index (κ3) is 5.37. The summed E-state index contributed by atoms with van der Waals surface area (Å²) in [6.07, 6.45) is 3.72. The molecule has 0 spiro atoms. The molecule has 0 atom stereocenters. The number of benzene rings is 2. The van der Waals surface area contributed by atoms with Crippen molar-refractivity contribution in [3.8, 4) is 11.4 Å². The Balaban J connectivity index is 1.41. The summed E-state index contributed by atoms with van der Waals surface area (Å²) in [6, 6.07) is 16.0. The van der Waals surface area contributed by atoms with E-state index in [1.807, 2.05) is 66.2 Å². The molecule has 0 bridgehead atoms. The number of carbonyl (C=O) groups excluding carboxylic acids is 1. The molecule has 6 heteroatoms. The van der Waals surface area contributed by atoms with Gasteiger partial charge in [-0.2, -0.15) is 0 Å². The highest BCUT2D eigenvalue weighted by Crippen LogP contribution is 2.16. The number of amides is 1. The largest absolute Gasteiger partial charge is 0.497 e. The Morgan fingerprint density at radius 1 is 1.11 bits per heavy atom. The minimum Gasteiger partial charge on any atom is -0.497 e. The fraction of sp³-hybridized carbons (Fsp3) is 0.238. The summed E-state index contributed by atoms with van der Waals surface area (Å²) in [7, 11) is 1.65. The van der Waals surface area contributed by atoms with Gasteiger partial charge in [0.1, 0.15) is 11.6 Å². The third-order valence-electron chi connectivity index (χ3n) is 4.19. The number of carbonyl (C=O) groups is 1. The third-order valence-corrected chi connectivity index (χ3v) is 5.19. The predicted octanol–water partition coefficient (Wildman–Crippen LogP) is 3.74. The lowest BCUT2D eigenvalue weighted by Crippen LogP contribution is -2.24. The van der Waals surface area contributed by atoms with Crippen molar-refractivity contribution in [2.75, 3.05) is 12.9 Å².